The third kappa shape index (κ3) is 2.14. The van der Waals surface area contributed by atoms with Gasteiger partial charge in [-0.25, -0.2) is 0 Å². The summed E-state index contributed by atoms with van der Waals surface area (Å²) in [4.78, 5) is 0.190. The van der Waals surface area contributed by atoms with Crippen molar-refractivity contribution in [2.75, 3.05) is 0 Å². The quantitative estimate of drug-likeness (QED) is 0.792. The van der Waals surface area contributed by atoms with Crippen LogP contribution in [0, 0.1) is 6.92 Å². The van der Waals surface area contributed by atoms with Crippen LogP contribution in [0.4, 0.5) is 0 Å². The molecule has 0 unspecified atom stereocenters. The maximum absolute atomic E-state index is 11.1. The number of benzene rings is 1. The Labute approximate surface area is 82.5 Å². The molecule has 12 heavy (non-hydrogen) atoms. The molecule has 0 aliphatic carbocycles. The molecule has 1 aromatic carbocycles. The predicted octanol–water partition coefficient (Wildman–Crippen LogP) is 1.16. The van der Waals surface area contributed by atoms with Crippen LogP contribution in [0.5, 0.6) is 0 Å². The van der Waals surface area contributed by atoms with Gasteiger partial charge in [0.2, 0.25) is 0 Å². The van der Waals surface area contributed by atoms with Crippen molar-refractivity contribution in [1.29, 1.82) is 0 Å². The molecule has 5 heteroatoms. The Morgan fingerprint density at radius 3 is 2.17 bits per heavy atom. The van der Waals surface area contributed by atoms with Crippen molar-refractivity contribution in [2.24, 2.45) is 0 Å². The molecule has 0 N–H and O–H groups in total. The molecule has 0 aliphatic heterocycles. The van der Waals surface area contributed by atoms with Gasteiger partial charge in [-0.1, -0.05) is 0 Å². The van der Waals surface area contributed by atoms with Crippen LogP contribution in [0.15, 0.2) is 29.2 Å². The standard InChI is InChI=1S/C7H8O3S.Ir/c1-6-2-4-7(5-3-6)11(8,9)10;/h2-5H,1H3,(H,8,9,10);/q;+1/p-1. The summed E-state index contributed by atoms with van der Waals surface area (Å²) in [5.74, 6) is 0. The molecule has 0 atom stereocenters. The van der Waals surface area contributed by atoms with Gasteiger partial charge in [-0.15, -0.1) is 0 Å². The molecule has 0 radical (unpaired) electrons. The molecule has 0 saturated carbocycles. The molecular weight excluding hydrogens is 356 g/mol. The minimum atomic E-state index is -3.51. The van der Waals surface area contributed by atoms with E-state index < -0.39 is 10.1 Å². The summed E-state index contributed by atoms with van der Waals surface area (Å²) in [7, 11) is -3.51. The van der Waals surface area contributed by atoms with Crippen molar-refractivity contribution in [3.05, 3.63) is 29.8 Å². The number of hydrogen-bond donors (Lipinski definition) is 0. The second kappa shape index (κ2) is 3.66. The van der Waals surface area contributed by atoms with Gasteiger partial charge in [0.1, 0.15) is 0 Å². The van der Waals surface area contributed by atoms with E-state index in [1.807, 2.05) is 6.92 Å². The fourth-order valence-electron chi connectivity index (χ4n) is 0.737. The van der Waals surface area contributed by atoms with Gasteiger partial charge in [0, 0.05) is 0 Å². The van der Waals surface area contributed by atoms with Gasteiger partial charge in [0.15, 0.2) is 0 Å². The van der Waals surface area contributed by atoms with Crippen molar-refractivity contribution in [1.82, 2.24) is 0 Å². The Bertz CT molecular complexity index is 355. The Morgan fingerprint density at radius 1 is 1.25 bits per heavy atom. The van der Waals surface area contributed by atoms with Crippen LogP contribution < -0.4 is 0 Å². The Hall–Kier alpha value is -0.221. The first-order valence-corrected chi connectivity index (χ1v) is 5.55. The zero-order chi connectivity index (χ0) is 9.19. The summed E-state index contributed by atoms with van der Waals surface area (Å²) >= 11 is 1.15. The van der Waals surface area contributed by atoms with Gasteiger partial charge < -0.3 is 0 Å². The molecule has 0 aliphatic rings. The van der Waals surface area contributed by atoms with E-state index in [0.717, 1.165) is 24.8 Å². The van der Waals surface area contributed by atoms with Crippen molar-refractivity contribution in [3.63, 3.8) is 0 Å². The van der Waals surface area contributed by atoms with E-state index in [1.165, 1.54) is 12.1 Å². The van der Waals surface area contributed by atoms with E-state index in [-0.39, 0.29) is 4.90 Å². The first-order valence-electron chi connectivity index (χ1n) is 3.16. The molecule has 0 saturated heterocycles. The SMILES string of the molecule is Cc1ccc(S(=O)(=O)[O][Ir])cc1. The van der Waals surface area contributed by atoms with E-state index in [2.05, 4.69) is 2.94 Å². The van der Waals surface area contributed by atoms with Crippen LogP contribution in [0.25, 0.3) is 0 Å². The average molecular weight is 363 g/mol. The van der Waals surface area contributed by atoms with Gasteiger partial charge in [0.05, 0.1) is 0 Å². The van der Waals surface area contributed by atoms with Crippen LogP contribution in [-0.2, 0) is 32.3 Å². The first-order chi connectivity index (χ1) is 5.56. The molecule has 0 amide bonds. The van der Waals surface area contributed by atoms with Crippen LogP contribution in [0.3, 0.4) is 0 Å². The van der Waals surface area contributed by atoms with Crippen LogP contribution in [0.1, 0.15) is 5.56 Å². The minimum absolute atomic E-state index is 0.190. The zero-order valence-electron chi connectivity index (χ0n) is 6.28. The van der Waals surface area contributed by atoms with Gasteiger partial charge in [0.25, 0.3) is 0 Å². The molecular formula is C7H7IrO3S. The predicted molar refractivity (Wildman–Crippen MR) is 39.4 cm³/mol. The Morgan fingerprint density at radius 2 is 1.75 bits per heavy atom. The summed E-state index contributed by atoms with van der Waals surface area (Å²) in [5.41, 5.74) is 1.02. The number of rotatable bonds is 2. The summed E-state index contributed by atoms with van der Waals surface area (Å²) in [5, 5.41) is 0. The topological polar surface area (TPSA) is 43.4 Å². The number of aryl methyl sites for hydroxylation is 1. The molecule has 0 spiro atoms. The van der Waals surface area contributed by atoms with Gasteiger partial charge in [-0.3, -0.25) is 0 Å². The fourth-order valence-corrected chi connectivity index (χ4v) is 1.96. The molecule has 1 rings (SSSR count). The maximum atomic E-state index is 11.1. The first kappa shape index (κ1) is 9.86. The summed E-state index contributed by atoms with van der Waals surface area (Å²) < 4.78 is 26.5. The zero-order valence-corrected chi connectivity index (χ0v) is 9.49. The molecule has 68 valence electrons. The molecule has 0 bridgehead atoms. The molecule has 3 nitrogen and oxygen atoms in total. The third-order valence-electron chi connectivity index (χ3n) is 1.38. The summed E-state index contributed by atoms with van der Waals surface area (Å²) in [6.45, 7) is 1.89. The Kier molecular flexibility index (Phi) is 3.01. The number of hydrogen-bond acceptors (Lipinski definition) is 3. The molecule has 0 heterocycles. The average Bonchev–Trinajstić information content (AvgIpc) is 2.05. The normalized spacial score (nSPS) is 11.6. The van der Waals surface area contributed by atoms with Gasteiger partial charge in [-0.05, 0) is 0 Å². The summed E-state index contributed by atoms with van der Waals surface area (Å²) in [6, 6.07) is 6.50. The van der Waals surface area contributed by atoms with Crippen molar-refractivity contribution in [2.45, 2.75) is 11.8 Å². The second-order valence-corrected chi connectivity index (χ2v) is 5.01. The van der Waals surface area contributed by atoms with E-state index in [9.17, 15) is 8.42 Å². The van der Waals surface area contributed by atoms with Crippen molar-refractivity contribution in [3.8, 4) is 0 Å². The molecule has 0 fully saturated rings. The van der Waals surface area contributed by atoms with Crippen molar-refractivity contribution < 1.29 is 30.6 Å². The third-order valence-corrected chi connectivity index (χ3v) is 3.96. The fraction of sp³-hybridized carbons (Fsp3) is 0.143. The molecule has 0 aromatic heterocycles. The van der Waals surface area contributed by atoms with Crippen molar-refractivity contribution >= 4 is 10.1 Å². The van der Waals surface area contributed by atoms with Gasteiger partial charge in [-0.2, -0.15) is 0 Å². The second-order valence-electron chi connectivity index (χ2n) is 2.32. The Balaban J connectivity index is 3.14. The molecule has 1 aromatic rings. The van der Waals surface area contributed by atoms with Crippen LogP contribution >= 0.6 is 0 Å². The monoisotopic (exact) mass is 364 g/mol. The van der Waals surface area contributed by atoms with E-state index in [0.29, 0.717) is 0 Å². The van der Waals surface area contributed by atoms with E-state index in [1.54, 1.807) is 12.1 Å². The van der Waals surface area contributed by atoms with Crippen LogP contribution in [-0.4, -0.2) is 8.42 Å². The van der Waals surface area contributed by atoms with E-state index >= 15 is 0 Å². The van der Waals surface area contributed by atoms with Crippen LogP contribution in [0.2, 0.25) is 0 Å². The van der Waals surface area contributed by atoms with Gasteiger partial charge >= 0.3 is 82.4 Å². The summed E-state index contributed by atoms with van der Waals surface area (Å²) in [6.07, 6.45) is 0. The van der Waals surface area contributed by atoms with E-state index in [4.69, 9.17) is 0 Å².